The Labute approximate surface area is 243 Å². The number of pyridine rings is 2. The molecule has 2 aromatic heterocycles. The van der Waals surface area contributed by atoms with E-state index >= 15 is 0 Å². The molecule has 0 atom stereocenters. The summed E-state index contributed by atoms with van der Waals surface area (Å²) in [6.07, 6.45) is 0. The van der Waals surface area contributed by atoms with Crippen molar-refractivity contribution in [3.8, 4) is 22.3 Å². The van der Waals surface area contributed by atoms with E-state index in [1.807, 2.05) is 0 Å². The van der Waals surface area contributed by atoms with Gasteiger partial charge in [0, 0.05) is 32.9 Å². The van der Waals surface area contributed by atoms with Gasteiger partial charge in [0.2, 0.25) is 0 Å². The summed E-state index contributed by atoms with van der Waals surface area (Å²) in [7, 11) is 0. The average Bonchev–Trinajstić information content (AvgIpc) is 3.02. The van der Waals surface area contributed by atoms with Crippen molar-refractivity contribution in [1.82, 2.24) is 9.97 Å². The van der Waals surface area contributed by atoms with Gasteiger partial charge < -0.3 is 0 Å². The van der Waals surface area contributed by atoms with Gasteiger partial charge in [-0.05, 0) is 117 Å². The van der Waals surface area contributed by atoms with Crippen molar-refractivity contribution in [2.75, 3.05) is 0 Å². The first-order valence-corrected chi connectivity index (χ1v) is 14.5. The normalized spacial score (nSPS) is 12.0. The fraction of sp³-hybridized carbons (Fsp3) is 0.0500. The molecule has 42 heavy (non-hydrogen) atoms. The van der Waals surface area contributed by atoms with E-state index in [2.05, 4.69) is 135 Å². The van der Waals surface area contributed by atoms with Crippen LogP contribution in [-0.4, -0.2) is 9.97 Å². The predicted octanol–water partition coefficient (Wildman–Crippen LogP) is 10.8. The van der Waals surface area contributed by atoms with Crippen molar-refractivity contribution < 1.29 is 0 Å². The van der Waals surface area contributed by atoms with Crippen LogP contribution in [0.3, 0.4) is 0 Å². The maximum Gasteiger partial charge on any atom is 0.0725 e. The minimum Gasteiger partial charge on any atom is -0.252 e. The Bertz CT molecular complexity index is 2540. The first-order chi connectivity index (χ1) is 20.6. The molecule has 9 rings (SSSR count). The van der Waals surface area contributed by atoms with E-state index in [-0.39, 0.29) is 0 Å². The van der Waals surface area contributed by atoms with Crippen LogP contribution in [0.5, 0.6) is 0 Å². The van der Waals surface area contributed by atoms with Crippen molar-refractivity contribution in [3.63, 3.8) is 0 Å². The molecule has 0 saturated heterocycles. The van der Waals surface area contributed by atoms with Crippen LogP contribution in [0.4, 0.5) is 0 Å². The average molecular weight is 535 g/mol. The lowest BCUT2D eigenvalue weighted by Gasteiger charge is -2.15. The van der Waals surface area contributed by atoms with Crippen molar-refractivity contribution in [2.45, 2.75) is 13.8 Å². The molecule has 2 heterocycles. The molecule has 0 bridgehead atoms. The third kappa shape index (κ3) is 3.45. The van der Waals surface area contributed by atoms with Crippen LogP contribution in [0.25, 0.3) is 87.1 Å². The van der Waals surface area contributed by atoms with Gasteiger partial charge in [0.05, 0.1) is 11.0 Å². The topological polar surface area (TPSA) is 25.8 Å². The van der Waals surface area contributed by atoms with Crippen LogP contribution in [0.15, 0.2) is 121 Å². The molecule has 0 aliphatic carbocycles. The Kier molecular flexibility index (Phi) is 4.77. The molecule has 0 fully saturated rings. The fourth-order valence-corrected chi connectivity index (χ4v) is 6.83. The van der Waals surface area contributed by atoms with Crippen molar-refractivity contribution >= 4 is 64.9 Å². The number of rotatable bonds is 2. The number of aryl methyl sites for hydroxylation is 2. The Morgan fingerprint density at radius 3 is 1.60 bits per heavy atom. The lowest BCUT2D eigenvalue weighted by atomic mass is 9.93. The summed E-state index contributed by atoms with van der Waals surface area (Å²) in [5.41, 5.74) is 9.00. The smallest absolute Gasteiger partial charge is 0.0725 e. The summed E-state index contributed by atoms with van der Waals surface area (Å²) < 4.78 is 0. The summed E-state index contributed by atoms with van der Waals surface area (Å²) in [5.74, 6) is 0. The molecule has 0 unspecified atom stereocenters. The molecule has 0 saturated carbocycles. The van der Waals surface area contributed by atoms with Gasteiger partial charge in [0.1, 0.15) is 0 Å². The molecule has 0 aliphatic heterocycles. The van der Waals surface area contributed by atoms with Crippen LogP contribution in [0.1, 0.15) is 11.4 Å². The van der Waals surface area contributed by atoms with E-state index in [9.17, 15) is 0 Å². The molecule has 196 valence electrons. The Hall–Kier alpha value is -5.34. The van der Waals surface area contributed by atoms with Crippen LogP contribution in [0, 0.1) is 13.8 Å². The van der Waals surface area contributed by atoms with E-state index < -0.39 is 0 Å². The standard InChI is InChI=1S/C40H26N2/c1-23-35-8-5-9-37-39(35)40-36(24(2)41-37)21-34(22-38(40)42-23)32-15-12-27-17-28(10-11-29(27)18-32)30-13-14-31-16-25-6-3-4-7-26(25)19-33(31)20-30/h3-22H,1-2H3. The van der Waals surface area contributed by atoms with E-state index in [4.69, 9.17) is 9.97 Å². The van der Waals surface area contributed by atoms with Crippen molar-refractivity contribution in [3.05, 3.63) is 133 Å². The zero-order chi connectivity index (χ0) is 27.9. The largest absolute Gasteiger partial charge is 0.252 e. The van der Waals surface area contributed by atoms with E-state index in [1.54, 1.807) is 0 Å². The minimum absolute atomic E-state index is 1.04. The Morgan fingerprint density at radius 1 is 0.357 bits per heavy atom. The zero-order valence-electron chi connectivity index (χ0n) is 23.4. The second-order valence-corrected chi connectivity index (χ2v) is 11.6. The lowest BCUT2D eigenvalue weighted by Crippen LogP contribution is -1.96. The summed E-state index contributed by atoms with van der Waals surface area (Å²) >= 11 is 0. The number of hydrogen-bond acceptors (Lipinski definition) is 2. The predicted molar refractivity (Wildman–Crippen MR) is 179 cm³/mol. The van der Waals surface area contributed by atoms with Gasteiger partial charge in [0.15, 0.2) is 0 Å². The van der Waals surface area contributed by atoms with Crippen LogP contribution in [-0.2, 0) is 0 Å². The summed E-state index contributed by atoms with van der Waals surface area (Å²) in [6, 6.07) is 44.4. The lowest BCUT2D eigenvalue weighted by molar-refractivity contribution is 1.26. The third-order valence-corrected chi connectivity index (χ3v) is 8.98. The molecule has 0 radical (unpaired) electrons. The number of nitrogens with zero attached hydrogens (tertiary/aromatic N) is 2. The second kappa shape index (κ2) is 8.58. The van der Waals surface area contributed by atoms with Gasteiger partial charge >= 0.3 is 0 Å². The van der Waals surface area contributed by atoms with Crippen molar-refractivity contribution in [2.24, 2.45) is 0 Å². The summed E-state index contributed by atoms with van der Waals surface area (Å²) in [4.78, 5) is 10.0. The molecule has 0 amide bonds. The highest BCUT2D eigenvalue weighted by Gasteiger charge is 2.16. The molecule has 7 aromatic carbocycles. The van der Waals surface area contributed by atoms with Gasteiger partial charge in [0.25, 0.3) is 0 Å². The minimum atomic E-state index is 1.04. The Balaban J connectivity index is 1.15. The molecule has 0 N–H and O–H groups in total. The molecule has 2 heteroatoms. The summed E-state index contributed by atoms with van der Waals surface area (Å²) in [6.45, 7) is 4.21. The van der Waals surface area contributed by atoms with Gasteiger partial charge in [-0.2, -0.15) is 0 Å². The SMILES string of the molecule is Cc1nc2cc(-c3ccc4cc(-c5ccc6cc7ccccc7cc6c5)ccc4c3)cc3c(C)nc4cccc1c4c23. The molecular weight excluding hydrogens is 508 g/mol. The number of aromatic nitrogens is 2. The molecule has 2 nitrogen and oxygen atoms in total. The van der Waals surface area contributed by atoms with E-state index in [0.29, 0.717) is 0 Å². The fourth-order valence-electron chi connectivity index (χ4n) is 6.83. The van der Waals surface area contributed by atoms with Gasteiger partial charge in [-0.15, -0.1) is 0 Å². The van der Waals surface area contributed by atoms with Crippen LogP contribution >= 0.6 is 0 Å². The third-order valence-electron chi connectivity index (χ3n) is 8.98. The first kappa shape index (κ1) is 23.4. The van der Waals surface area contributed by atoms with Gasteiger partial charge in [-0.3, -0.25) is 9.97 Å². The highest BCUT2D eigenvalue weighted by molar-refractivity contribution is 6.22. The zero-order valence-corrected chi connectivity index (χ0v) is 23.4. The monoisotopic (exact) mass is 534 g/mol. The number of benzene rings is 7. The van der Waals surface area contributed by atoms with Gasteiger partial charge in [-0.25, -0.2) is 0 Å². The first-order valence-electron chi connectivity index (χ1n) is 14.5. The molecule has 9 aromatic rings. The quantitative estimate of drug-likeness (QED) is 0.163. The number of hydrogen-bond donors (Lipinski definition) is 0. The number of fused-ring (bicyclic) bond motifs is 3. The molecule has 0 aliphatic rings. The highest BCUT2D eigenvalue weighted by Crippen LogP contribution is 2.39. The van der Waals surface area contributed by atoms with Crippen molar-refractivity contribution in [1.29, 1.82) is 0 Å². The maximum absolute atomic E-state index is 5.05. The summed E-state index contributed by atoms with van der Waals surface area (Å²) in [5, 5.41) is 12.4. The van der Waals surface area contributed by atoms with E-state index in [0.717, 1.165) is 22.4 Å². The second-order valence-electron chi connectivity index (χ2n) is 11.6. The van der Waals surface area contributed by atoms with Gasteiger partial charge in [-0.1, -0.05) is 72.8 Å². The van der Waals surface area contributed by atoms with Crippen LogP contribution < -0.4 is 0 Å². The maximum atomic E-state index is 5.05. The highest BCUT2D eigenvalue weighted by atomic mass is 14.7. The Morgan fingerprint density at radius 2 is 0.881 bits per heavy atom. The molecular formula is C40H26N2. The van der Waals surface area contributed by atoms with Crippen LogP contribution in [0.2, 0.25) is 0 Å². The molecule has 0 spiro atoms. The van der Waals surface area contributed by atoms with E-state index in [1.165, 1.54) is 76.1 Å².